The Morgan fingerprint density at radius 2 is 1.74 bits per heavy atom. The van der Waals surface area contributed by atoms with Gasteiger partial charge in [-0.3, -0.25) is 4.79 Å². The average molecular weight is 378 g/mol. The van der Waals surface area contributed by atoms with Crippen molar-refractivity contribution in [2.75, 3.05) is 6.54 Å². The molecule has 3 nitrogen and oxygen atoms in total. The number of aromatic amines is 1. The highest BCUT2D eigenvalue weighted by Crippen LogP contribution is 2.29. The van der Waals surface area contributed by atoms with E-state index in [0.29, 0.717) is 11.9 Å². The fraction of sp³-hybridized carbons (Fsp3) is 0.250. The van der Waals surface area contributed by atoms with E-state index in [1.165, 1.54) is 6.07 Å². The summed E-state index contributed by atoms with van der Waals surface area (Å²) in [5, 5.41) is 3.50. The van der Waals surface area contributed by atoms with Crippen LogP contribution in [-0.2, 0) is 12.6 Å². The lowest BCUT2D eigenvalue weighted by Crippen LogP contribution is -2.25. The summed E-state index contributed by atoms with van der Waals surface area (Å²) in [7, 11) is 0. The van der Waals surface area contributed by atoms with Crippen molar-refractivity contribution in [2.45, 2.75) is 26.4 Å². The molecule has 0 fully saturated rings. The molecule has 142 valence electrons. The first-order chi connectivity index (χ1) is 12.7. The molecule has 2 aromatic carbocycles. The van der Waals surface area contributed by atoms with Crippen molar-refractivity contribution < 1.29 is 22.4 Å². The quantitative estimate of drug-likeness (QED) is 0.622. The van der Waals surface area contributed by atoms with Crippen LogP contribution in [0.2, 0.25) is 0 Å². The van der Waals surface area contributed by atoms with Crippen LogP contribution >= 0.6 is 0 Å². The topological polar surface area (TPSA) is 44.9 Å². The maximum Gasteiger partial charge on any atom is 0.416 e. The van der Waals surface area contributed by atoms with Crippen molar-refractivity contribution in [3.63, 3.8) is 0 Å². The van der Waals surface area contributed by atoms with E-state index in [1.807, 2.05) is 13.8 Å². The number of nitrogens with one attached hydrogen (secondary N) is 2. The van der Waals surface area contributed by atoms with Gasteiger partial charge in [0.2, 0.25) is 0 Å². The lowest BCUT2D eigenvalue weighted by atomic mass is 10.0. The molecule has 7 heteroatoms. The summed E-state index contributed by atoms with van der Waals surface area (Å²) in [6.45, 7) is 4.01. The van der Waals surface area contributed by atoms with Crippen LogP contribution in [0.25, 0.3) is 10.9 Å². The predicted octanol–water partition coefficient (Wildman–Crippen LogP) is 4.92. The van der Waals surface area contributed by atoms with Gasteiger partial charge in [0.05, 0.1) is 11.1 Å². The molecule has 27 heavy (non-hydrogen) atoms. The normalized spacial score (nSPS) is 11.8. The maximum absolute atomic E-state index is 14.0. The summed E-state index contributed by atoms with van der Waals surface area (Å²) in [5.74, 6) is -0.789. The van der Waals surface area contributed by atoms with Crippen LogP contribution in [0.1, 0.15) is 32.7 Å². The Hall–Kier alpha value is -2.83. The van der Waals surface area contributed by atoms with E-state index in [4.69, 9.17) is 0 Å². The molecule has 1 heterocycles. The first-order valence-electron chi connectivity index (χ1n) is 8.40. The van der Waals surface area contributed by atoms with Crippen molar-refractivity contribution in [1.82, 2.24) is 10.3 Å². The minimum absolute atomic E-state index is 0.154. The molecule has 0 aliphatic carbocycles. The zero-order chi connectivity index (χ0) is 19.8. The van der Waals surface area contributed by atoms with E-state index >= 15 is 0 Å². The van der Waals surface area contributed by atoms with Crippen molar-refractivity contribution >= 4 is 16.8 Å². The molecule has 0 saturated carbocycles. The van der Waals surface area contributed by atoms with E-state index in [1.54, 1.807) is 6.07 Å². The van der Waals surface area contributed by atoms with Gasteiger partial charge in [0.25, 0.3) is 5.91 Å². The Labute approximate surface area is 153 Å². The number of halogens is 4. The Balaban J connectivity index is 1.70. The molecular formula is C20H18F4N2O. The fourth-order valence-electron chi connectivity index (χ4n) is 3.17. The fourth-order valence-corrected chi connectivity index (χ4v) is 3.17. The van der Waals surface area contributed by atoms with Crippen molar-refractivity contribution in [3.05, 3.63) is 70.2 Å². The lowest BCUT2D eigenvalue weighted by Gasteiger charge is -2.09. The van der Waals surface area contributed by atoms with Crippen LogP contribution in [0.15, 0.2) is 36.4 Å². The number of aryl methyl sites for hydroxylation is 2. The summed E-state index contributed by atoms with van der Waals surface area (Å²) in [5.41, 5.74) is 2.46. The molecule has 0 bridgehead atoms. The second kappa shape index (κ2) is 7.06. The second-order valence-corrected chi connectivity index (χ2v) is 6.42. The first-order valence-corrected chi connectivity index (χ1v) is 8.40. The lowest BCUT2D eigenvalue weighted by molar-refractivity contribution is -0.137. The van der Waals surface area contributed by atoms with Gasteiger partial charge in [0.15, 0.2) is 0 Å². The number of carbonyl (C=O) groups is 1. The molecule has 0 saturated heterocycles. The van der Waals surface area contributed by atoms with E-state index in [9.17, 15) is 22.4 Å². The number of carbonyl (C=O) groups excluding carboxylic acids is 1. The number of benzene rings is 2. The number of aromatic nitrogens is 1. The van der Waals surface area contributed by atoms with Gasteiger partial charge in [-0.15, -0.1) is 0 Å². The number of rotatable bonds is 4. The van der Waals surface area contributed by atoms with Crippen molar-refractivity contribution in [1.29, 1.82) is 0 Å². The van der Waals surface area contributed by atoms with E-state index in [2.05, 4.69) is 10.3 Å². The number of hydrogen-bond donors (Lipinski definition) is 2. The zero-order valence-electron chi connectivity index (χ0n) is 14.8. The van der Waals surface area contributed by atoms with E-state index < -0.39 is 17.6 Å². The summed E-state index contributed by atoms with van der Waals surface area (Å²) < 4.78 is 51.7. The van der Waals surface area contributed by atoms with Crippen molar-refractivity contribution in [3.8, 4) is 0 Å². The highest BCUT2D eigenvalue weighted by molar-refractivity contribution is 5.94. The summed E-state index contributed by atoms with van der Waals surface area (Å²) in [6, 6.07) is 7.16. The van der Waals surface area contributed by atoms with Crippen LogP contribution < -0.4 is 5.32 Å². The van der Waals surface area contributed by atoms with Crippen LogP contribution in [0, 0.1) is 19.7 Å². The SMILES string of the molecule is Cc1[nH]c2c(F)ccc(C)c2c1CCNC(=O)c1ccc(C(F)(F)F)cc1. The van der Waals surface area contributed by atoms with Crippen LogP contribution in [0.3, 0.4) is 0 Å². The molecule has 2 N–H and O–H groups in total. The number of H-pyrrole nitrogens is 1. The molecular weight excluding hydrogens is 360 g/mol. The van der Waals surface area contributed by atoms with Crippen LogP contribution in [0.5, 0.6) is 0 Å². The monoisotopic (exact) mass is 378 g/mol. The molecule has 3 aromatic rings. The number of fused-ring (bicyclic) bond motifs is 1. The van der Waals surface area contributed by atoms with Gasteiger partial charge in [0.1, 0.15) is 5.82 Å². The second-order valence-electron chi connectivity index (χ2n) is 6.42. The molecule has 1 aromatic heterocycles. The molecule has 0 atom stereocenters. The Morgan fingerprint density at radius 3 is 2.37 bits per heavy atom. The van der Waals surface area contributed by atoms with Gasteiger partial charge in [-0.2, -0.15) is 13.2 Å². The zero-order valence-corrected chi connectivity index (χ0v) is 14.8. The molecule has 0 spiro atoms. The van der Waals surface area contributed by atoms with Gasteiger partial charge >= 0.3 is 6.18 Å². The average Bonchev–Trinajstić information content (AvgIpc) is 2.95. The summed E-state index contributed by atoms with van der Waals surface area (Å²) >= 11 is 0. The number of alkyl halides is 3. The third-order valence-electron chi connectivity index (χ3n) is 4.56. The summed E-state index contributed by atoms with van der Waals surface area (Å²) in [6.07, 6.45) is -3.96. The number of amides is 1. The third kappa shape index (κ3) is 3.82. The van der Waals surface area contributed by atoms with Gasteiger partial charge in [-0.1, -0.05) is 6.07 Å². The van der Waals surface area contributed by atoms with Crippen LogP contribution in [0.4, 0.5) is 17.6 Å². The smallest absolute Gasteiger partial charge is 0.356 e. The first kappa shape index (κ1) is 18.9. The molecule has 0 radical (unpaired) electrons. The largest absolute Gasteiger partial charge is 0.416 e. The van der Waals surface area contributed by atoms with Gasteiger partial charge < -0.3 is 10.3 Å². The Morgan fingerprint density at radius 1 is 1.07 bits per heavy atom. The van der Waals surface area contributed by atoms with Crippen LogP contribution in [-0.4, -0.2) is 17.4 Å². The van der Waals surface area contributed by atoms with E-state index in [0.717, 1.165) is 46.5 Å². The number of hydrogen-bond acceptors (Lipinski definition) is 1. The maximum atomic E-state index is 14.0. The predicted molar refractivity (Wildman–Crippen MR) is 95.2 cm³/mol. The minimum atomic E-state index is -4.44. The highest BCUT2D eigenvalue weighted by atomic mass is 19.4. The van der Waals surface area contributed by atoms with E-state index in [-0.39, 0.29) is 17.9 Å². The standard InChI is InChI=1S/C20H18F4N2O/c1-11-3-8-16(21)18-17(11)15(12(2)26-18)9-10-25-19(27)13-4-6-14(7-5-13)20(22,23)24/h3-8,26H,9-10H2,1-2H3,(H,25,27). The molecule has 3 rings (SSSR count). The Bertz CT molecular complexity index is 988. The molecule has 0 unspecified atom stereocenters. The Kier molecular flexibility index (Phi) is 4.95. The van der Waals surface area contributed by atoms with Crippen molar-refractivity contribution in [2.24, 2.45) is 0 Å². The highest BCUT2D eigenvalue weighted by Gasteiger charge is 2.30. The van der Waals surface area contributed by atoms with Gasteiger partial charge in [0, 0.05) is 23.2 Å². The van der Waals surface area contributed by atoms with Gasteiger partial charge in [-0.25, -0.2) is 4.39 Å². The third-order valence-corrected chi connectivity index (χ3v) is 4.56. The summed E-state index contributed by atoms with van der Waals surface area (Å²) in [4.78, 5) is 15.2. The van der Waals surface area contributed by atoms with Gasteiger partial charge in [-0.05, 0) is 61.7 Å². The minimum Gasteiger partial charge on any atom is -0.356 e. The molecule has 0 aliphatic heterocycles. The molecule has 0 aliphatic rings. The molecule has 1 amide bonds.